The summed E-state index contributed by atoms with van der Waals surface area (Å²) in [6, 6.07) is 14.5. The highest BCUT2D eigenvalue weighted by Crippen LogP contribution is 2.30. The largest absolute Gasteiger partial charge is 0.336 e. The van der Waals surface area contributed by atoms with E-state index in [-0.39, 0.29) is 11.9 Å². The highest BCUT2D eigenvalue weighted by molar-refractivity contribution is 7.17. The van der Waals surface area contributed by atoms with E-state index in [1.165, 1.54) is 11.3 Å². The van der Waals surface area contributed by atoms with Crippen molar-refractivity contribution in [2.45, 2.75) is 6.92 Å². The number of amides is 3. The van der Waals surface area contributed by atoms with Crippen molar-refractivity contribution in [3.63, 3.8) is 0 Å². The first kappa shape index (κ1) is 18.5. The first-order chi connectivity index (χ1) is 13.5. The van der Waals surface area contributed by atoms with Crippen LogP contribution in [0.5, 0.6) is 0 Å². The van der Waals surface area contributed by atoms with E-state index in [2.05, 4.69) is 15.6 Å². The molecule has 0 saturated carbocycles. The fourth-order valence-corrected chi connectivity index (χ4v) is 4.07. The van der Waals surface area contributed by atoms with Gasteiger partial charge in [-0.05, 0) is 37.3 Å². The van der Waals surface area contributed by atoms with Crippen molar-refractivity contribution in [1.82, 2.24) is 10.3 Å². The van der Waals surface area contributed by atoms with Gasteiger partial charge in [-0.3, -0.25) is 9.69 Å². The summed E-state index contributed by atoms with van der Waals surface area (Å²) in [5.74, 6) is -0.224. The van der Waals surface area contributed by atoms with Crippen molar-refractivity contribution in [2.24, 2.45) is 0 Å². The number of carbonyl (C=O) groups excluding carboxylic acids is 2. The Bertz CT molecular complexity index is 1050. The standard InChI is InChI=1S/C20H17ClN4O2S/c1-12-17(28-19(23-12)13-5-7-14(21)8-6-13)18(26)24-15-3-2-4-16(11-15)25-10-9-22-20(25)27/h2-8,11H,9-10H2,1H3,(H,22,27)(H,24,26). The predicted octanol–water partition coefficient (Wildman–Crippen LogP) is 4.55. The van der Waals surface area contributed by atoms with Crippen LogP contribution in [0, 0.1) is 6.92 Å². The van der Waals surface area contributed by atoms with E-state index >= 15 is 0 Å². The van der Waals surface area contributed by atoms with Gasteiger partial charge in [0, 0.05) is 35.1 Å². The lowest BCUT2D eigenvalue weighted by Gasteiger charge is -2.15. The summed E-state index contributed by atoms with van der Waals surface area (Å²) in [6.45, 7) is 3.04. The molecular formula is C20H17ClN4O2S. The molecule has 2 heterocycles. The Balaban J connectivity index is 1.54. The van der Waals surface area contributed by atoms with E-state index in [0.717, 1.165) is 16.3 Å². The van der Waals surface area contributed by atoms with Crippen LogP contribution < -0.4 is 15.5 Å². The maximum absolute atomic E-state index is 12.8. The zero-order chi connectivity index (χ0) is 19.7. The monoisotopic (exact) mass is 412 g/mol. The van der Waals surface area contributed by atoms with Gasteiger partial charge in [0.2, 0.25) is 0 Å². The molecule has 0 aliphatic carbocycles. The van der Waals surface area contributed by atoms with Crippen LogP contribution in [0.4, 0.5) is 16.2 Å². The van der Waals surface area contributed by atoms with Crippen LogP contribution in [0.25, 0.3) is 10.6 Å². The number of nitrogens with one attached hydrogen (secondary N) is 2. The quantitative estimate of drug-likeness (QED) is 0.660. The van der Waals surface area contributed by atoms with Crippen molar-refractivity contribution in [3.05, 3.63) is 64.1 Å². The zero-order valence-corrected chi connectivity index (χ0v) is 16.6. The molecule has 28 heavy (non-hydrogen) atoms. The van der Waals surface area contributed by atoms with Crippen molar-refractivity contribution < 1.29 is 9.59 Å². The smallest absolute Gasteiger partial charge is 0.321 e. The van der Waals surface area contributed by atoms with Gasteiger partial charge in [0.1, 0.15) is 9.88 Å². The van der Waals surface area contributed by atoms with Gasteiger partial charge in [0.15, 0.2) is 0 Å². The second-order valence-corrected chi connectivity index (χ2v) is 7.76. The van der Waals surface area contributed by atoms with Crippen LogP contribution in [0.3, 0.4) is 0 Å². The van der Waals surface area contributed by atoms with Crippen LogP contribution in [-0.4, -0.2) is 30.0 Å². The molecule has 1 saturated heterocycles. The Labute approximate surface area is 171 Å². The summed E-state index contributed by atoms with van der Waals surface area (Å²) < 4.78 is 0. The number of urea groups is 1. The van der Waals surface area contributed by atoms with Gasteiger partial charge in [-0.15, -0.1) is 11.3 Å². The lowest BCUT2D eigenvalue weighted by Crippen LogP contribution is -2.27. The molecule has 8 heteroatoms. The number of nitrogens with zero attached hydrogens (tertiary/aromatic N) is 2. The molecular weight excluding hydrogens is 396 g/mol. The van der Waals surface area contributed by atoms with Gasteiger partial charge >= 0.3 is 6.03 Å². The second kappa shape index (κ2) is 7.61. The van der Waals surface area contributed by atoms with Crippen LogP contribution in [0.15, 0.2) is 48.5 Å². The molecule has 2 aromatic carbocycles. The van der Waals surface area contributed by atoms with Crippen molar-refractivity contribution in [3.8, 4) is 10.6 Å². The predicted molar refractivity (Wildman–Crippen MR) is 112 cm³/mol. The third kappa shape index (κ3) is 3.72. The number of hydrogen-bond donors (Lipinski definition) is 2. The highest BCUT2D eigenvalue weighted by atomic mass is 35.5. The summed E-state index contributed by atoms with van der Waals surface area (Å²) in [5.41, 5.74) is 2.96. The molecule has 0 bridgehead atoms. The number of carbonyl (C=O) groups is 2. The third-order valence-electron chi connectivity index (χ3n) is 4.37. The molecule has 142 valence electrons. The lowest BCUT2D eigenvalue weighted by molar-refractivity contribution is 0.103. The molecule has 1 fully saturated rings. The van der Waals surface area contributed by atoms with Gasteiger partial charge in [0.25, 0.3) is 5.91 Å². The van der Waals surface area contributed by atoms with E-state index < -0.39 is 0 Å². The molecule has 0 spiro atoms. The molecule has 6 nitrogen and oxygen atoms in total. The summed E-state index contributed by atoms with van der Waals surface area (Å²) in [6.07, 6.45) is 0. The van der Waals surface area contributed by atoms with E-state index in [1.54, 1.807) is 29.2 Å². The Morgan fingerprint density at radius 2 is 2.04 bits per heavy atom. The second-order valence-electron chi connectivity index (χ2n) is 6.33. The van der Waals surface area contributed by atoms with Crippen molar-refractivity contribution in [2.75, 3.05) is 23.3 Å². The first-order valence-electron chi connectivity index (χ1n) is 8.71. The number of benzene rings is 2. The molecule has 4 rings (SSSR count). The van der Waals surface area contributed by atoms with Crippen molar-refractivity contribution in [1.29, 1.82) is 0 Å². The third-order valence-corrected chi connectivity index (χ3v) is 5.82. The molecule has 0 unspecified atom stereocenters. The van der Waals surface area contributed by atoms with Crippen LogP contribution in [0.2, 0.25) is 5.02 Å². The van der Waals surface area contributed by atoms with Crippen LogP contribution in [-0.2, 0) is 0 Å². The molecule has 1 aromatic heterocycles. The number of halogens is 1. The fraction of sp³-hybridized carbons (Fsp3) is 0.150. The average Bonchev–Trinajstić information content (AvgIpc) is 3.28. The minimum Gasteiger partial charge on any atom is -0.336 e. The van der Waals surface area contributed by atoms with Gasteiger partial charge in [-0.2, -0.15) is 0 Å². The van der Waals surface area contributed by atoms with Gasteiger partial charge in [-0.25, -0.2) is 9.78 Å². The maximum atomic E-state index is 12.8. The molecule has 1 aliphatic heterocycles. The van der Waals surface area contributed by atoms with E-state index in [4.69, 9.17) is 11.6 Å². The number of anilines is 2. The topological polar surface area (TPSA) is 74.3 Å². The number of aromatic nitrogens is 1. The molecule has 3 amide bonds. The van der Waals surface area contributed by atoms with Gasteiger partial charge < -0.3 is 10.6 Å². The number of thiazole rings is 1. The Morgan fingerprint density at radius 3 is 2.75 bits per heavy atom. The first-order valence-corrected chi connectivity index (χ1v) is 9.91. The summed E-state index contributed by atoms with van der Waals surface area (Å²) in [7, 11) is 0. The molecule has 1 aliphatic rings. The molecule has 3 aromatic rings. The van der Waals surface area contributed by atoms with Gasteiger partial charge in [0.05, 0.1) is 5.69 Å². The molecule has 0 radical (unpaired) electrons. The summed E-state index contributed by atoms with van der Waals surface area (Å²) in [4.78, 5) is 31.3. The minimum atomic E-state index is -0.224. The number of rotatable bonds is 4. The van der Waals surface area contributed by atoms with Crippen LogP contribution in [0.1, 0.15) is 15.4 Å². The van der Waals surface area contributed by atoms with Crippen molar-refractivity contribution >= 4 is 46.3 Å². The Hall–Kier alpha value is -2.90. The zero-order valence-electron chi connectivity index (χ0n) is 15.0. The SMILES string of the molecule is Cc1nc(-c2ccc(Cl)cc2)sc1C(=O)Nc1cccc(N2CCNC2=O)c1. The average molecular weight is 413 g/mol. The summed E-state index contributed by atoms with van der Waals surface area (Å²) >= 11 is 7.27. The Morgan fingerprint density at radius 1 is 1.25 bits per heavy atom. The lowest BCUT2D eigenvalue weighted by atomic mass is 10.2. The normalized spacial score (nSPS) is 13.5. The van der Waals surface area contributed by atoms with Crippen LogP contribution >= 0.6 is 22.9 Å². The highest BCUT2D eigenvalue weighted by Gasteiger charge is 2.22. The van der Waals surface area contributed by atoms with E-state index in [0.29, 0.717) is 34.4 Å². The number of aryl methyl sites for hydroxylation is 1. The Kier molecular flexibility index (Phi) is 5.02. The maximum Gasteiger partial charge on any atom is 0.321 e. The fourth-order valence-electron chi connectivity index (χ4n) is 2.98. The molecule has 2 N–H and O–H groups in total. The molecule has 0 atom stereocenters. The van der Waals surface area contributed by atoms with Gasteiger partial charge in [-0.1, -0.05) is 29.8 Å². The minimum absolute atomic E-state index is 0.130. The van der Waals surface area contributed by atoms with E-state index in [9.17, 15) is 9.59 Å². The van der Waals surface area contributed by atoms with E-state index in [1.807, 2.05) is 31.2 Å². The summed E-state index contributed by atoms with van der Waals surface area (Å²) in [5, 5.41) is 7.09. The number of hydrogen-bond acceptors (Lipinski definition) is 4.